The van der Waals surface area contributed by atoms with E-state index in [0.717, 1.165) is 11.8 Å². The van der Waals surface area contributed by atoms with Crippen LogP contribution < -0.4 is 0 Å². The lowest BCUT2D eigenvalue weighted by molar-refractivity contribution is -0.392. The molecule has 0 unspecified atom stereocenters. The topological polar surface area (TPSA) is 91.7 Å². The molecule has 0 saturated heterocycles. The number of nitro groups is 1. The summed E-state index contributed by atoms with van der Waals surface area (Å²) in [5.74, 6) is -0.171. The zero-order valence-corrected chi connectivity index (χ0v) is 9.38. The van der Waals surface area contributed by atoms with Crippen LogP contribution in [0.2, 0.25) is 0 Å². The molecule has 0 aliphatic rings. The van der Waals surface area contributed by atoms with Gasteiger partial charge in [0.2, 0.25) is 6.33 Å². The molecule has 0 aromatic carbocycles. The second-order valence-electron chi connectivity index (χ2n) is 3.07. The molecule has 2 heterocycles. The summed E-state index contributed by atoms with van der Waals surface area (Å²) in [4.78, 5) is 13.9. The summed E-state index contributed by atoms with van der Waals surface area (Å²) in [6.45, 7) is 0. The van der Waals surface area contributed by atoms with E-state index >= 15 is 0 Å². The van der Waals surface area contributed by atoms with Gasteiger partial charge in [0.15, 0.2) is 10.2 Å². The molecule has 0 fully saturated rings. The molecular formula is C7H8N6O2S. The second-order valence-corrected chi connectivity index (χ2v) is 4.02. The number of aryl methyl sites for hydroxylation is 2. The van der Waals surface area contributed by atoms with Gasteiger partial charge in [-0.25, -0.2) is 0 Å². The Morgan fingerprint density at radius 1 is 1.38 bits per heavy atom. The molecule has 0 aliphatic carbocycles. The molecule has 0 radical (unpaired) electrons. The Labute approximate surface area is 94.5 Å². The van der Waals surface area contributed by atoms with Gasteiger partial charge in [0.25, 0.3) is 0 Å². The summed E-state index contributed by atoms with van der Waals surface area (Å²) in [5.41, 5.74) is 0. The molecule has 0 bridgehead atoms. The van der Waals surface area contributed by atoms with Gasteiger partial charge in [-0.3, -0.25) is 0 Å². The normalized spacial score (nSPS) is 10.6. The van der Waals surface area contributed by atoms with Crippen molar-refractivity contribution in [2.75, 3.05) is 0 Å². The van der Waals surface area contributed by atoms with Crippen molar-refractivity contribution in [2.45, 2.75) is 10.2 Å². The van der Waals surface area contributed by atoms with E-state index in [4.69, 9.17) is 0 Å². The van der Waals surface area contributed by atoms with Gasteiger partial charge < -0.3 is 19.2 Å². The number of nitrogens with zero attached hydrogens (tertiary/aromatic N) is 6. The van der Waals surface area contributed by atoms with Crippen molar-refractivity contribution < 1.29 is 4.92 Å². The van der Waals surface area contributed by atoms with E-state index in [1.165, 1.54) is 12.7 Å². The van der Waals surface area contributed by atoms with E-state index < -0.39 is 4.92 Å². The second kappa shape index (κ2) is 3.93. The molecule has 2 aromatic heterocycles. The summed E-state index contributed by atoms with van der Waals surface area (Å²) in [5, 5.41) is 19.3. The fourth-order valence-corrected chi connectivity index (χ4v) is 1.96. The van der Waals surface area contributed by atoms with E-state index in [1.54, 1.807) is 23.2 Å². The third kappa shape index (κ3) is 1.76. The molecule has 0 amide bonds. The minimum absolute atomic E-state index is 0.171. The predicted molar refractivity (Wildman–Crippen MR) is 55.0 cm³/mol. The number of aromatic nitrogens is 5. The van der Waals surface area contributed by atoms with Crippen LogP contribution in [0.25, 0.3) is 0 Å². The number of imidazole rings is 1. The minimum Gasteiger partial charge on any atom is -0.358 e. The molecule has 9 heteroatoms. The Bertz CT molecular complexity index is 533. The van der Waals surface area contributed by atoms with Crippen molar-refractivity contribution in [3.63, 3.8) is 0 Å². The van der Waals surface area contributed by atoms with Gasteiger partial charge in [0, 0.05) is 14.1 Å². The molecule has 0 spiro atoms. The molecule has 0 N–H and O–H groups in total. The summed E-state index contributed by atoms with van der Waals surface area (Å²) >= 11 is 1.16. The Hall–Kier alpha value is -1.90. The summed E-state index contributed by atoms with van der Waals surface area (Å²) in [6.07, 6.45) is 2.93. The summed E-state index contributed by atoms with van der Waals surface area (Å²) < 4.78 is 3.26. The lowest BCUT2D eigenvalue weighted by atomic mass is 10.8. The Morgan fingerprint density at radius 3 is 2.69 bits per heavy atom. The third-order valence-electron chi connectivity index (χ3n) is 1.90. The van der Waals surface area contributed by atoms with Crippen LogP contribution in [0.15, 0.2) is 22.8 Å². The molecule has 2 rings (SSSR count). The highest BCUT2D eigenvalue weighted by Crippen LogP contribution is 2.31. The Morgan fingerprint density at radius 2 is 2.12 bits per heavy atom. The number of hydrogen-bond acceptors (Lipinski definition) is 6. The van der Waals surface area contributed by atoms with Crippen molar-refractivity contribution >= 4 is 17.6 Å². The van der Waals surface area contributed by atoms with Crippen molar-refractivity contribution in [2.24, 2.45) is 14.1 Å². The van der Waals surface area contributed by atoms with Gasteiger partial charge in [0.1, 0.15) is 6.33 Å². The lowest BCUT2D eigenvalue weighted by Crippen LogP contribution is -1.96. The van der Waals surface area contributed by atoms with E-state index in [1.807, 2.05) is 0 Å². The molecule has 0 atom stereocenters. The van der Waals surface area contributed by atoms with Gasteiger partial charge in [-0.1, -0.05) is 0 Å². The van der Waals surface area contributed by atoms with Crippen molar-refractivity contribution in [3.8, 4) is 0 Å². The maximum Gasteiger partial charge on any atom is 0.396 e. The first kappa shape index (κ1) is 10.6. The van der Waals surface area contributed by atoms with Crippen molar-refractivity contribution in [1.82, 2.24) is 24.3 Å². The van der Waals surface area contributed by atoms with Gasteiger partial charge >= 0.3 is 5.82 Å². The van der Waals surface area contributed by atoms with E-state index in [9.17, 15) is 10.1 Å². The fourth-order valence-electron chi connectivity index (χ4n) is 1.10. The van der Waals surface area contributed by atoms with E-state index in [0.29, 0.717) is 10.2 Å². The smallest absolute Gasteiger partial charge is 0.358 e. The number of hydrogen-bond donors (Lipinski definition) is 0. The molecule has 0 saturated carbocycles. The molecule has 84 valence electrons. The van der Waals surface area contributed by atoms with Crippen LogP contribution in [0.5, 0.6) is 0 Å². The average molecular weight is 240 g/mol. The van der Waals surface area contributed by atoms with Crippen molar-refractivity contribution in [3.05, 3.63) is 22.8 Å². The van der Waals surface area contributed by atoms with Crippen LogP contribution in [0, 0.1) is 10.1 Å². The maximum atomic E-state index is 10.7. The van der Waals surface area contributed by atoms with Gasteiger partial charge in [-0.2, -0.15) is 0 Å². The van der Waals surface area contributed by atoms with Crippen LogP contribution in [-0.4, -0.2) is 29.2 Å². The summed E-state index contributed by atoms with van der Waals surface area (Å²) in [7, 11) is 3.46. The monoisotopic (exact) mass is 240 g/mol. The van der Waals surface area contributed by atoms with Crippen molar-refractivity contribution in [1.29, 1.82) is 0 Å². The zero-order valence-electron chi connectivity index (χ0n) is 8.56. The molecule has 8 nitrogen and oxygen atoms in total. The van der Waals surface area contributed by atoms with Crippen LogP contribution in [0.1, 0.15) is 0 Å². The minimum atomic E-state index is -0.515. The highest BCUT2D eigenvalue weighted by Gasteiger charge is 2.22. The quantitative estimate of drug-likeness (QED) is 0.576. The predicted octanol–water partition coefficient (Wildman–Crippen LogP) is 0.608. The van der Waals surface area contributed by atoms with Crippen LogP contribution >= 0.6 is 11.8 Å². The summed E-state index contributed by atoms with van der Waals surface area (Å²) in [6, 6.07) is 0. The van der Waals surface area contributed by atoms with Crippen LogP contribution in [0.4, 0.5) is 5.82 Å². The Balaban J connectivity index is 2.38. The molecular weight excluding hydrogens is 232 g/mol. The van der Waals surface area contributed by atoms with E-state index in [-0.39, 0.29) is 5.82 Å². The zero-order chi connectivity index (χ0) is 11.7. The maximum absolute atomic E-state index is 10.7. The van der Waals surface area contributed by atoms with Gasteiger partial charge in [-0.05, 0) is 21.7 Å². The highest BCUT2D eigenvalue weighted by atomic mass is 32.2. The molecule has 0 aliphatic heterocycles. The van der Waals surface area contributed by atoms with Gasteiger partial charge in [-0.15, -0.1) is 10.2 Å². The first-order valence-corrected chi connectivity index (χ1v) is 5.09. The lowest BCUT2D eigenvalue weighted by Gasteiger charge is -2.00. The molecule has 2 aromatic rings. The largest absolute Gasteiger partial charge is 0.396 e. The Kier molecular flexibility index (Phi) is 2.60. The van der Waals surface area contributed by atoms with Gasteiger partial charge in [0.05, 0.1) is 0 Å². The average Bonchev–Trinajstić information content (AvgIpc) is 2.76. The van der Waals surface area contributed by atoms with Crippen LogP contribution in [0.3, 0.4) is 0 Å². The SMILES string of the molecule is Cn1cnnc1Sc1c([N+](=O)[O-])ncn1C. The van der Waals surface area contributed by atoms with Crippen LogP contribution in [-0.2, 0) is 14.1 Å². The molecule has 16 heavy (non-hydrogen) atoms. The first-order chi connectivity index (χ1) is 7.59. The first-order valence-electron chi connectivity index (χ1n) is 4.27. The highest BCUT2D eigenvalue weighted by molar-refractivity contribution is 7.99. The third-order valence-corrected chi connectivity index (χ3v) is 3.11. The van der Waals surface area contributed by atoms with E-state index in [2.05, 4.69) is 15.2 Å². The number of rotatable bonds is 3. The standard InChI is InChI=1S/C7H8N6O2S/c1-11-3-8-5(13(14)15)6(11)16-7-10-9-4-12(7)2/h3-4H,1-2H3. The fraction of sp³-hybridized carbons (Fsp3) is 0.286.